The molecule has 2 aliphatic rings. The molecule has 0 bridgehead atoms. The van der Waals surface area contributed by atoms with E-state index < -0.39 is 17.8 Å². The van der Waals surface area contributed by atoms with Gasteiger partial charge in [0.1, 0.15) is 12.3 Å². The van der Waals surface area contributed by atoms with Gasteiger partial charge in [-0.2, -0.15) is 0 Å². The third kappa shape index (κ3) is 4.97. The van der Waals surface area contributed by atoms with Crippen molar-refractivity contribution in [2.24, 2.45) is 0 Å². The van der Waals surface area contributed by atoms with Crippen LogP contribution in [0.3, 0.4) is 0 Å². The van der Waals surface area contributed by atoms with Crippen molar-refractivity contribution < 1.29 is 24.0 Å². The van der Waals surface area contributed by atoms with Gasteiger partial charge in [-0.1, -0.05) is 23.3 Å². The number of amides is 4. The zero-order valence-corrected chi connectivity index (χ0v) is 17.6. The minimum absolute atomic E-state index is 0.0955. The molecule has 8 heteroatoms. The van der Waals surface area contributed by atoms with Gasteiger partial charge in [0.15, 0.2) is 6.67 Å². The summed E-state index contributed by atoms with van der Waals surface area (Å²) in [4.78, 5) is 40.4. The van der Waals surface area contributed by atoms with E-state index in [0.717, 1.165) is 39.5 Å². The summed E-state index contributed by atoms with van der Waals surface area (Å²) in [5, 5.41) is 0.584. The van der Waals surface area contributed by atoms with Gasteiger partial charge in [-0.3, -0.25) is 14.5 Å². The Morgan fingerprint density at radius 1 is 1.14 bits per heavy atom. The van der Waals surface area contributed by atoms with Crippen molar-refractivity contribution in [3.05, 3.63) is 40.4 Å². The van der Waals surface area contributed by atoms with Crippen molar-refractivity contribution in [1.82, 2.24) is 9.80 Å². The molecule has 0 saturated carbocycles. The van der Waals surface area contributed by atoms with Gasteiger partial charge in [-0.05, 0) is 50.3 Å². The van der Waals surface area contributed by atoms with Crippen molar-refractivity contribution in [2.75, 3.05) is 27.4 Å². The lowest BCUT2D eigenvalue weighted by Crippen LogP contribution is -3.09. The molecule has 1 heterocycles. The molecule has 7 nitrogen and oxygen atoms in total. The number of hydrogen-bond donors (Lipinski definition) is 1. The minimum Gasteiger partial charge on any atom is -0.496 e. The fourth-order valence-corrected chi connectivity index (χ4v) is 4.01. The fourth-order valence-electron chi connectivity index (χ4n) is 3.81. The number of allylic oxidation sites excluding steroid dienone is 1. The molecule has 1 saturated heterocycles. The van der Waals surface area contributed by atoms with E-state index in [0.29, 0.717) is 23.7 Å². The molecule has 1 atom stereocenters. The van der Waals surface area contributed by atoms with E-state index >= 15 is 0 Å². The highest BCUT2D eigenvalue weighted by atomic mass is 35.5. The van der Waals surface area contributed by atoms with Gasteiger partial charge < -0.3 is 9.64 Å². The maximum atomic E-state index is 12.7. The van der Waals surface area contributed by atoms with E-state index in [1.54, 1.807) is 25.3 Å². The second kappa shape index (κ2) is 9.41. The van der Waals surface area contributed by atoms with Crippen LogP contribution in [-0.4, -0.2) is 55.0 Å². The number of halogens is 1. The monoisotopic (exact) mass is 420 g/mol. The Labute approximate surface area is 175 Å². The molecule has 0 radical (unpaired) electrons. The molecular weight excluding hydrogens is 394 g/mol. The summed E-state index contributed by atoms with van der Waals surface area (Å²) in [6.45, 7) is 0.840. The minimum atomic E-state index is -0.759. The largest absolute Gasteiger partial charge is 0.496 e. The van der Waals surface area contributed by atoms with Gasteiger partial charge in [0, 0.05) is 17.1 Å². The Bertz CT molecular complexity index is 839. The zero-order valence-electron chi connectivity index (χ0n) is 16.9. The summed E-state index contributed by atoms with van der Waals surface area (Å²) in [7, 11) is 3.43. The van der Waals surface area contributed by atoms with E-state index in [2.05, 4.69) is 6.08 Å². The predicted octanol–water partition coefficient (Wildman–Crippen LogP) is 2.00. The van der Waals surface area contributed by atoms with Crippen LogP contribution in [0.25, 0.3) is 0 Å². The molecule has 1 N–H and O–H groups in total. The third-order valence-electron chi connectivity index (χ3n) is 5.34. The number of quaternary nitrogens is 1. The van der Waals surface area contributed by atoms with Crippen LogP contribution in [0.4, 0.5) is 4.79 Å². The molecule has 1 unspecified atom stereocenters. The molecule has 156 valence electrons. The molecule has 1 aromatic carbocycles. The van der Waals surface area contributed by atoms with Crippen molar-refractivity contribution >= 4 is 29.4 Å². The normalized spacial score (nSPS) is 18.3. The molecule has 29 heavy (non-hydrogen) atoms. The highest BCUT2D eigenvalue weighted by Crippen LogP contribution is 2.23. The number of benzene rings is 1. The molecule has 1 fully saturated rings. The quantitative estimate of drug-likeness (QED) is 0.396. The smallest absolute Gasteiger partial charge is 0.338 e. The Morgan fingerprint density at radius 2 is 1.90 bits per heavy atom. The molecule has 4 amide bonds. The Balaban J connectivity index is 1.62. The average Bonchev–Trinajstić information content (AvgIpc) is 2.90. The highest BCUT2D eigenvalue weighted by molar-refractivity contribution is 6.44. The maximum absolute atomic E-state index is 12.7. The van der Waals surface area contributed by atoms with E-state index in [9.17, 15) is 14.4 Å². The second-order valence-corrected chi connectivity index (χ2v) is 8.02. The van der Waals surface area contributed by atoms with Gasteiger partial charge >= 0.3 is 17.8 Å². The standard InChI is InChI=1S/C21H26ClN3O4/c1-23(13-16-12-17(22)8-9-18(16)29-2)14-25-20(27)19(26)24(21(25)28)11-10-15-6-4-3-5-7-15/h6,8-9,12H,3-5,7,10-11,13-14H2,1-2H3/p+1. The molecule has 0 aromatic heterocycles. The number of carbonyl (C=O) groups is 3. The Hall–Kier alpha value is -2.38. The van der Waals surface area contributed by atoms with E-state index in [4.69, 9.17) is 16.3 Å². The SMILES string of the molecule is COc1ccc(Cl)cc1C[NH+](C)CN1C(=O)C(=O)N(CCC2=CCCCC2)C1=O. The van der Waals surface area contributed by atoms with Gasteiger partial charge in [0.05, 0.1) is 14.2 Å². The number of nitrogens with one attached hydrogen (secondary N) is 1. The first kappa shape index (κ1) is 21.3. The first-order chi connectivity index (χ1) is 13.9. The van der Waals surface area contributed by atoms with Crippen LogP contribution in [0.5, 0.6) is 5.75 Å². The van der Waals surface area contributed by atoms with E-state index in [-0.39, 0.29) is 13.2 Å². The van der Waals surface area contributed by atoms with Crippen molar-refractivity contribution in [2.45, 2.75) is 38.6 Å². The number of hydrogen-bond acceptors (Lipinski definition) is 4. The highest BCUT2D eigenvalue weighted by Gasteiger charge is 2.45. The van der Waals surface area contributed by atoms with Crippen LogP contribution in [0, 0.1) is 0 Å². The van der Waals surface area contributed by atoms with Gasteiger partial charge in [0.2, 0.25) is 0 Å². The van der Waals surface area contributed by atoms with Crippen LogP contribution >= 0.6 is 11.6 Å². The maximum Gasteiger partial charge on any atom is 0.338 e. The Kier molecular flexibility index (Phi) is 6.92. The van der Waals surface area contributed by atoms with Crippen LogP contribution in [0.1, 0.15) is 37.7 Å². The van der Waals surface area contributed by atoms with Crippen LogP contribution in [-0.2, 0) is 16.1 Å². The molecule has 1 aliphatic carbocycles. The number of imide groups is 2. The van der Waals surface area contributed by atoms with E-state index in [1.165, 1.54) is 12.0 Å². The summed E-state index contributed by atoms with van der Waals surface area (Å²) in [6, 6.07) is 4.79. The summed E-state index contributed by atoms with van der Waals surface area (Å²) in [5.74, 6) is -0.809. The second-order valence-electron chi connectivity index (χ2n) is 7.58. The third-order valence-corrected chi connectivity index (χ3v) is 5.57. The van der Waals surface area contributed by atoms with Gasteiger partial charge in [-0.15, -0.1) is 0 Å². The first-order valence-corrected chi connectivity index (χ1v) is 10.3. The molecule has 3 rings (SSSR count). The van der Waals surface area contributed by atoms with Crippen LogP contribution in [0.2, 0.25) is 5.02 Å². The van der Waals surface area contributed by atoms with E-state index in [1.807, 2.05) is 7.05 Å². The molecular formula is C21H27ClN3O4+. The Morgan fingerprint density at radius 3 is 2.59 bits per heavy atom. The van der Waals surface area contributed by atoms with Gasteiger partial charge in [0.25, 0.3) is 0 Å². The number of nitrogens with zero attached hydrogens (tertiary/aromatic N) is 2. The summed E-state index contributed by atoms with van der Waals surface area (Å²) in [5.41, 5.74) is 2.13. The number of ether oxygens (including phenoxy) is 1. The van der Waals surface area contributed by atoms with Crippen molar-refractivity contribution in [3.63, 3.8) is 0 Å². The van der Waals surface area contributed by atoms with Crippen LogP contribution < -0.4 is 9.64 Å². The predicted molar refractivity (Wildman–Crippen MR) is 109 cm³/mol. The lowest BCUT2D eigenvalue weighted by molar-refractivity contribution is -0.901. The fraction of sp³-hybridized carbons (Fsp3) is 0.476. The number of carbonyl (C=O) groups excluding carboxylic acids is 3. The first-order valence-electron chi connectivity index (χ1n) is 9.89. The zero-order chi connectivity index (χ0) is 21.0. The number of urea groups is 1. The van der Waals surface area contributed by atoms with Crippen molar-refractivity contribution in [3.8, 4) is 5.75 Å². The summed E-state index contributed by atoms with van der Waals surface area (Å²) in [6.07, 6.45) is 7.20. The summed E-state index contributed by atoms with van der Waals surface area (Å²) >= 11 is 6.07. The number of methoxy groups -OCH3 is 1. The lowest BCUT2D eigenvalue weighted by atomic mass is 9.97. The average molecular weight is 421 g/mol. The topological polar surface area (TPSA) is 71.4 Å². The molecule has 0 spiro atoms. The van der Waals surface area contributed by atoms with Gasteiger partial charge in [-0.25, -0.2) is 9.69 Å². The molecule has 1 aromatic rings. The summed E-state index contributed by atoms with van der Waals surface area (Å²) < 4.78 is 5.35. The molecule has 1 aliphatic heterocycles. The number of rotatable bonds is 8. The van der Waals surface area contributed by atoms with Crippen molar-refractivity contribution in [1.29, 1.82) is 0 Å². The lowest BCUT2D eigenvalue weighted by Gasteiger charge is -2.21. The van der Waals surface area contributed by atoms with Crippen LogP contribution in [0.15, 0.2) is 29.8 Å².